The first kappa shape index (κ1) is 33.3. The maximum atomic E-state index is 14.7. The van der Waals surface area contributed by atoms with Crippen LogP contribution in [0.4, 0.5) is 23.2 Å². The molecule has 0 aromatic heterocycles. The summed E-state index contributed by atoms with van der Waals surface area (Å²) in [5.74, 6) is -2.09. The van der Waals surface area contributed by atoms with E-state index in [0.29, 0.717) is 10.4 Å². The van der Waals surface area contributed by atoms with Crippen LogP contribution in [-0.2, 0) is 32.3 Å². The summed E-state index contributed by atoms with van der Waals surface area (Å²) in [6, 6.07) is 12.4. The highest BCUT2D eigenvalue weighted by Gasteiger charge is 2.37. The minimum Gasteiger partial charge on any atom is -0.352 e. The van der Waals surface area contributed by atoms with E-state index in [9.17, 15) is 35.6 Å². The van der Waals surface area contributed by atoms with Crippen molar-refractivity contribution in [3.63, 3.8) is 0 Å². The Kier molecular flexibility index (Phi) is 10.2. The Balaban J connectivity index is 1.76. The Labute approximate surface area is 258 Å². The molecule has 1 aliphatic rings. The average Bonchev–Trinajstić information content (AvgIpc) is 3.48. The van der Waals surface area contributed by atoms with Crippen LogP contribution in [0.1, 0.15) is 49.3 Å². The topological polar surface area (TPSA) is 86.8 Å². The minimum absolute atomic E-state index is 0.0696. The summed E-state index contributed by atoms with van der Waals surface area (Å²) in [4.78, 5) is 28.0. The van der Waals surface area contributed by atoms with Gasteiger partial charge in [-0.3, -0.25) is 13.9 Å². The van der Waals surface area contributed by atoms with E-state index in [-0.39, 0.29) is 16.5 Å². The number of hydrogen-bond donors (Lipinski definition) is 1. The van der Waals surface area contributed by atoms with E-state index >= 15 is 0 Å². The molecular formula is C31H32ClF4N3O4S. The van der Waals surface area contributed by atoms with Crippen LogP contribution >= 0.6 is 11.6 Å². The lowest BCUT2D eigenvalue weighted by atomic mass is 10.1. The van der Waals surface area contributed by atoms with Gasteiger partial charge >= 0.3 is 6.18 Å². The van der Waals surface area contributed by atoms with Gasteiger partial charge in [0, 0.05) is 18.2 Å². The van der Waals surface area contributed by atoms with Crippen molar-refractivity contribution in [2.24, 2.45) is 0 Å². The molecule has 0 aliphatic heterocycles. The lowest BCUT2D eigenvalue weighted by Gasteiger charge is -2.32. The number of amides is 2. The highest BCUT2D eigenvalue weighted by atomic mass is 35.5. The lowest BCUT2D eigenvalue weighted by molar-refractivity contribution is -0.139. The molecule has 0 unspecified atom stereocenters. The third-order valence-electron chi connectivity index (χ3n) is 7.60. The van der Waals surface area contributed by atoms with Crippen molar-refractivity contribution in [3.05, 3.63) is 94.3 Å². The van der Waals surface area contributed by atoms with Crippen LogP contribution in [0.2, 0.25) is 5.02 Å². The van der Waals surface area contributed by atoms with E-state index in [1.165, 1.54) is 49.4 Å². The predicted molar refractivity (Wildman–Crippen MR) is 159 cm³/mol. The fourth-order valence-corrected chi connectivity index (χ4v) is 6.67. The van der Waals surface area contributed by atoms with Crippen LogP contribution < -0.4 is 9.62 Å². The Bertz CT molecular complexity index is 1610. The average molecular weight is 654 g/mol. The van der Waals surface area contributed by atoms with Crippen molar-refractivity contribution < 1.29 is 35.6 Å². The summed E-state index contributed by atoms with van der Waals surface area (Å²) in [5, 5.41) is 2.24. The normalized spacial score (nSPS) is 14.7. The van der Waals surface area contributed by atoms with Gasteiger partial charge in [0.25, 0.3) is 10.0 Å². The number of aryl methyl sites for hydroxylation is 1. The highest BCUT2D eigenvalue weighted by molar-refractivity contribution is 7.92. The molecule has 1 saturated carbocycles. The molecule has 4 rings (SSSR count). The molecule has 236 valence electrons. The summed E-state index contributed by atoms with van der Waals surface area (Å²) in [6.45, 7) is 1.79. The number of rotatable bonds is 10. The number of hydrogen-bond acceptors (Lipinski definition) is 4. The van der Waals surface area contributed by atoms with Crippen molar-refractivity contribution in [2.45, 2.75) is 69.2 Å². The number of benzene rings is 3. The van der Waals surface area contributed by atoms with Crippen LogP contribution in [0.25, 0.3) is 0 Å². The van der Waals surface area contributed by atoms with Gasteiger partial charge in [0.2, 0.25) is 11.8 Å². The summed E-state index contributed by atoms with van der Waals surface area (Å²) in [7, 11) is -4.62. The van der Waals surface area contributed by atoms with E-state index in [2.05, 4.69) is 5.32 Å². The van der Waals surface area contributed by atoms with E-state index in [1.54, 1.807) is 13.0 Å². The molecule has 0 spiro atoms. The van der Waals surface area contributed by atoms with Crippen LogP contribution in [0, 0.1) is 12.7 Å². The number of sulfonamides is 1. The molecule has 13 heteroatoms. The molecule has 0 radical (unpaired) electrons. The fraction of sp³-hybridized carbons (Fsp3) is 0.355. The number of anilines is 1. The standard InChI is InChI=1S/C31H32ClF4N3O4S/c1-20-11-14-25(15-12-20)44(42,43)39(24-13-16-27(32)26(17-24)31(34,35)36)19-29(40)38(18-22-7-3-6-10-28(22)33)21(2)30(41)37-23-8-4-5-9-23/h3,6-7,10-17,21,23H,4-5,8-9,18-19H2,1-2H3,(H,37,41)/t21-/m0/s1. The van der Waals surface area contributed by atoms with Crippen LogP contribution in [0.5, 0.6) is 0 Å². The Morgan fingerprint density at radius 1 is 1.02 bits per heavy atom. The second-order valence-electron chi connectivity index (χ2n) is 10.8. The van der Waals surface area contributed by atoms with Crippen LogP contribution in [-0.4, -0.2) is 43.8 Å². The molecule has 0 bridgehead atoms. The van der Waals surface area contributed by atoms with Crippen molar-refractivity contribution >= 4 is 39.1 Å². The maximum Gasteiger partial charge on any atom is 0.417 e. The van der Waals surface area contributed by atoms with Gasteiger partial charge in [0.1, 0.15) is 18.4 Å². The molecule has 1 aliphatic carbocycles. The molecule has 1 atom stereocenters. The van der Waals surface area contributed by atoms with Gasteiger partial charge in [-0.2, -0.15) is 13.2 Å². The summed E-state index contributed by atoms with van der Waals surface area (Å²) in [5.41, 5.74) is -0.957. The second-order valence-corrected chi connectivity index (χ2v) is 13.0. The zero-order valence-electron chi connectivity index (χ0n) is 24.1. The Morgan fingerprint density at radius 2 is 1.66 bits per heavy atom. The Morgan fingerprint density at radius 3 is 2.27 bits per heavy atom. The van der Waals surface area contributed by atoms with Crippen molar-refractivity contribution in [3.8, 4) is 0 Å². The molecule has 3 aromatic rings. The molecule has 44 heavy (non-hydrogen) atoms. The number of carbonyl (C=O) groups is 2. The first-order valence-corrected chi connectivity index (χ1v) is 15.8. The summed E-state index contributed by atoms with van der Waals surface area (Å²) >= 11 is 5.80. The van der Waals surface area contributed by atoms with Gasteiger partial charge in [-0.05, 0) is 63.1 Å². The fourth-order valence-electron chi connectivity index (χ4n) is 5.04. The number of halogens is 5. The monoisotopic (exact) mass is 653 g/mol. The molecule has 3 aromatic carbocycles. The predicted octanol–water partition coefficient (Wildman–Crippen LogP) is 6.48. The van der Waals surface area contributed by atoms with Gasteiger partial charge in [-0.15, -0.1) is 0 Å². The third kappa shape index (κ3) is 7.71. The Hall–Kier alpha value is -3.64. The van der Waals surface area contributed by atoms with Gasteiger partial charge in [-0.1, -0.05) is 60.3 Å². The van der Waals surface area contributed by atoms with E-state index in [4.69, 9.17) is 11.6 Å². The molecule has 0 heterocycles. The highest BCUT2D eigenvalue weighted by Crippen LogP contribution is 2.38. The lowest BCUT2D eigenvalue weighted by Crippen LogP contribution is -2.52. The quantitative estimate of drug-likeness (QED) is 0.254. The largest absolute Gasteiger partial charge is 0.417 e. The molecule has 2 amide bonds. The van der Waals surface area contributed by atoms with E-state index in [1.807, 2.05) is 0 Å². The molecular weight excluding hydrogens is 622 g/mol. The van der Waals surface area contributed by atoms with Crippen molar-refractivity contribution in [1.29, 1.82) is 0 Å². The van der Waals surface area contributed by atoms with E-state index in [0.717, 1.165) is 48.3 Å². The van der Waals surface area contributed by atoms with Crippen molar-refractivity contribution in [1.82, 2.24) is 10.2 Å². The first-order valence-electron chi connectivity index (χ1n) is 14.0. The molecule has 1 N–H and O–H groups in total. The summed E-state index contributed by atoms with van der Waals surface area (Å²) < 4.78 is 84.4. The maximum absolute atomic E-state index is 14.7. The zero-order chi connectivity index (χ0) is 32.2. The number of nitrogens with one attached hydrogen (secondary N) is 1. The molecule has 7 nitrogen and oxygen atoms in total. The number of nitrogens with zero attached hydrogens (tertiary/aromatic N) is 2. The zero-order valence-corrected chi connectivity index (χ0v) is 25.6. The molecule has 0 saturated heterocycles. The van der Waals surface area contributed by atoms with Gasteiger partial charge in [-0.25, -0.2) is 12.8 Å². The third-order valence-corrected chi connectivity index (χ3v) is 9.72. The smallest absolute Gasteiger partial charge is 0.352 e. The molecule has 1 fully saturated rings. The van der Waals surface area contributed by atoms with Crippen LogP contribution in [0.15, 0.2) is 71.6 Å². The van der Waals surface area contributed by atoms with Crippen LogP contribution in [0.3, 0.4) is 0 Å². The minimum atomic E-state index is -4.92. The van der Waals surface area contributed by atoms with Gasteiger partial charge < -0.3 is 10.2 Å². The van der Waals surface area contributed by atoms with E-state index < -0.39 is 69.2 Å². The SMILES string of the molecule is Cc1ccc(S(=O)(=O)N(CC(=O)N(Cc2ccccc2F)[C@@H](C)C(=O)NC2CCCC2)c2ccc(Cl)c(C(F)(F)F)c2)cc1. The second kappa shape index (κ2) is 13.6. The number of carbonyl (C=O) groups excluding carboxylic acids is 2. The van der Waals surface area contributed by atoms with Gasteiger partial charge in [0.05, 0.1) is 21.2 Å². The first-order chi connectivity index (χ1) is 20.7. The number of alkyl halides is 3. The van der Waals surface area contributed by atoms with Crippen molar-refractivity contribution in [2.75, 3.05) is 10.8 Å². The van der Waals surface area contributed by atoms with Gasteiger partial charge in [0.15, 0.2) is 0 Å². The summed E-state index contributed by atoms with van der Waals surface area (Å²) in [6.07, 6.45) is -1.52.